The van der Waals surface area contributed by atoms with Crippen LogP contribution in [0.25, 0.3) is 0 Å². The molecule has 0 aliphatic rings. The Balaban J connectivity index is 1.74. The molecule has 7 heteroatoms. The van der Waals surface area contributed by atoms with Crippen molar-refractivity contribution in [1.29, 1.82) is 0 Å². The maximum atomic E-state index is 12.1. The first-order chi connectivity index (χ1) is 12.5. The van der Waals surface area contributed by atoms with E-state index in [1.165, 1.54) is 0 Å². The van der Waals surface area contributed by atoms with Gasteiger partial charge in [0.1, 0.15) is 5.75 Å². The number of amides is 2. The lowest BCUT2D eigenvalue weighted by atomic mass is 10.2. The van der Waals surface area contributed by atoms with Crippen molar-refractivity contribution in [2.75, 3.05) is 32.6 Å². The van der Waals surface area contributed by atoms with E-state index in [1.54, 1.807) is 7.11 Å². The van der Waals surface area contributed by atoms with Gasteiger partial charge in [0, 0.05) is 11.0 Å². The highest BCUT2D eigenvalue weighted by Crippen LogP contribution is 2.20. The highest BCUT2D eigenvalue weighted by atomic mass is 79.9. The van der Waals surface area contributed by atoms with Crippen LogP contribution in [0.3, 0.4) is 0 Å². The summed E-state index contributed by atoms with van der Waals surface area (Å²) in [6, 6.07) is 14.9. The van der Waals surface area contributed by atoms with Gasteiger partial charge >= 0.3 is 0 Å². The lowest BCUT2D eigenvalue weighted by Crippen LogP contribution is -3.11. The number of nitrogens with one attached hydrogen (secondary N) is 3. The van der Waals surface area contributed by atoms with Gasteiger partial charge < -0.3 is 20.3 Å². The molecule has 0 aliphatic heterocycles. The largest absolute Gasteiger partial charge is 0.497 e. The Morgan fingerprint density at radius 3 is 2.35 bits per heavy atom. The molecule has 0 spiro atoms. The highest BCUT2D eigenvalue weighted by Gasteiger charge is 2.14. The second kappa shape index (κ2) is 9.94. The van der Waals surface area contributed by atoms with Crippen molar-refractivity contribution >= 4 is 33.4 Å². The number of benzene rings is 2. The molecule has 3 N–H and O–H groups in total. The van der Waals surface area contributed by atoms with E-state index in [-0.39, 0.29) is 24.9 Å². The van der Waals surface area contributed by atoms with Crippen LogP contribution in [0.15, 0.2) is 53.0 Å². The van der Waals surface area contributed by atoms with Crippen LogP contribution in [0.2, 0.25) is 0 Å². The molecule has 0 saturated carbocycles. The molecule has 0 heterocycles. The van der Waals surface area contributed by atoms with Crippen LogP contribution in [-0.2, 0) is 16.1 Å². The van der Waals surface area contributed by atoms with Crippen molar-refractivity contribution in [2.45, 2.75) is 6.54 Å². The molecule has 0 fully saturated rings. The summed E-state index contributed by atoms with van der Waals surface area (Å²) in [5.74, 6) is 0.532. The van der Waals surface area contributed by atoms with E-state index in [0.29, 0.717) is 12.2 Å². The minimum atomic E-state index is -0.141. The van der Waals surface area contributed by atoms with Gasteiger partial charge in [-0.25, -0.2) is 0 Å². The fraction of sp³-hybridized carbons (Fsp3) is 0.263. The van der Waals surface area contributed by atoms with Crippen LogP contribution in [0, 0.1) is 0 Å². The van der Waals surface area contributed by atoms with Crippen LogP contribution >= 0.6 is 15.9 Å². The zero-order valence-corrected chi connectivity index (χ0v) is 16.4. The van der Waals surface area contributed by atoms with Crippen LogP contribution < -0.4 is 20.3 Å². The SMILES string of the molecule is COc1ccc(CNC(=O)C[NH+](C)CC(=O)Nc2ccccc2Br)cc1. The summed E-state index contributed by atoms with van der Waals surface area (Å²) in [7, 11) is 3.43. The molecule has 0 aliphatic carbocycles. The van der Waals surface area contributed by atoms with Crippen LogP contribution in [-0.4, -0.2) is 39.1 Å². The van der Waals surface area contributed by atoms with E-state index < -0.39 is 0 Å². The topological polar surface area (TPSA) is 71.9 Å². The Labute approximate surface area is 161 Å². The van der Waals surface area contributed by atoms with Crippen molar-refractivity contribution in [2.24, 2.45) is 0 Å². The number of hydrogen-bond donors (Lipinski definition) is 3. The number of anilines is 1. The molecule has 1 unspecified atom stereocenters. The van der Waals surface area contributed by atoms with Gasteiger partial charge in [0.05, 0.1) is 19.8 Å². The molecule has 0 radical (unpaired) electrons. The molecule has 0 aromatic heterocycles. The summed E-state index contributed by atoms with van der Waals surface area (Å²) in [5.41, 5.74) is 1.71. The normalized spacial score (nSPS) is 11.5. The summed E-state index contributed by atoms with van der Waals surface area (Å²) in [5, 5.41) is 5.69. The zero-order chi connectivity index (χ0) is 18.9. The Morgan fingerprint density at radius 1 is 1.04 bits per heavy atom. The third-order valence-corrected chi connectivity index (χ3v) is 4.41. The minimum absolute atomic E-state index is 0.105. The van der Waals surface area contributed by atoms with Gasteiger partial charge in [-0.2, -0.15) is 0 Å². The number of hydrogen-bond acceptors (Lipinski definition) is 3. The number of quaternary nitrogens is 1. The summed E-state index contributed by atoms with van der Waals surface area (Å²) >= 11 is 3.39. The molecule has 2 aromatic rings. The van der Waals surface area contributed by atoms with Gasteiger partial charge in [-0.15, -0.1) is 0 Å². The molecule has 2 aromatic carbocycles. The van der Waals surface area contributed by atoms with E-state index in [4.69, 9.17) is 4.74 Å². The number of para-hydroxylation sites is 1. The van der Waals surface area contributed by atoms with E-state index in [0.717, 1.165) is 20.7 Å². The van der Waals surface area contributed by atoms with Gasteiger partial charge in [0.2, 0.25) is 0 Å². The minimum Gasteiger partial charge on any atom is -0.497 e. The number of ether oxygens (including phenoxy) is 1. The number of carbonyl (C=O) groups excluding carboxylic acids is 2. The Kier molecular flexibility index (Phi) is 7.62. The fourth-order valence-corrected chi connectivity index (χ4v) is 2.76. The molecular formula is C19H23BrN3O3+. The summed E-state index contributed by atoms with van der Waals surface area (Å²) in [6.45, 7) is 0.871. The fourth-order valence-electron chi connectivity index (χ4n) is 2.37. The van der Waals surface area contributed by atoms with Crippen LogP contribution in [0.5, 0.6) is 5.75 Å². The smallest absolute Gasteiger partial charge is 0.279 e. The third-order valence-electron chi connectivity index (χ3n) is 3.72. The van der Waals surface area contributed by atoms with Crippen molar-refractivity contribution in [1.82, 2.24) is 5.32 Å². The van der Waals surface area contributed by atoms with Gasteiger partial charge in [-0.3, -0.25) is 9.59 Å². The molecule has 1 atom stereocenters. The molecule has 0 bridgehead atoms. The first kappa shape index (κ1) is 19.9. The molecule has 2 amide bonds. The highest BCUT2D eigenvalue weighted by molar-refractivity contribution is 9.10. The quantitative estimate of drug-likeness (QED) is 0.601. The summed E-state index contributed by atoms with van der Waals surface area (Å²) in [4.78, 5) is 25.0. The lowest BCUT2D eigenvalue weighted by Gasteiger charge is -2.14. The number of likely N-dealkylation sites (N-methyl/N-ethyl adjacent to an activating group) is 1. The Bertz CT molecular complexity index is 750. The zero-order valence-electron chi connectivity index (χ0n) is 14.8. The number of methoxy groups -OCH3 is 1. The standard InChI is InChI=1S/C19H22BrN3O3/c1-23(13-19(25)22-17-6-4-3-5-16(17)20)12-18(24)21-11-14-7-9-15(26-2)10-8-14/h3-10H,11-13H2,1-2H3,(H,21,24)(H,22,25)/p+1. The lowest BCUT2D eigenvalue weighted by molar-refractivity contribution is -0.862. The van der Waals surface area contributed by atoms with E-state index in [2.05, 4.69) is 26.6 Å². The van der Waals surface area contributed by atoms with E-state index in [9.17, 15) is 9.59 Å². The monoisotopic (exact) mass is 420 g/mol. The van der Waals surface area contributed by atoms with Gasteiger partial charge in [-0.05, 0) is 45.8 Å². The van der Waals surface area contributed by atoms with Crippen molar-refractivity contribution in [3.05, 3.63) is 58.6 Å². The Hall–Kier alpha value is -2.38. The maximum absolute atomic E-state index is 12.1. The second-order valence-corrected chi connectivity index (χ2v) is 6.82. The van der Waals surface area contributed by atoms with Gasteiger partial charge in [0.25, 0.3) is 11.8 Å². The van der Waals surface area contributed by atoms with E-state index >= 15 is 0 Å². The van der Waals surface area contributed by atoms with Crippen LogP contribution in [0.1, 0.15) is 5.56 Å². The van der Waals surface area contributed by atoms with Crippen molar-refractivity contribution in [3.8, 4) is 5.75 Å². The molecular weight excluding hydrogens is 398 g/mol. The maximum Gasteiger partial charge on any atom is 0.279 e. The predicted molar refractivity (Wildman–Crippen MR) is 104 cm³/mol. The average molecular weight is 421 g/mol. The third kappa shape index (κ3) is 6.50. The predicted octanol–water partition coefficient (Wildman–Crippen LogP) is 1.23. The molecule has 138 valence electrons. The Morgan fingerprint density at radius 2 is 1.69 bits per heavy atom. The van der Waals surface area contributed by atoms with Crippen LogP contribution in [0.4, 0.5) is 5.69 Å². The molecule has 6 nitrogen and oxygen atoms in total. The molecule has 2 rings (SSSR count). The number of carbonyl (C=O) groups is 2. The van der Waals surface area contributed by atoms with Crippen molar-refractivity contribution < 1.29 is 19.2 Å². The number of rotatable bonds is 8. The first-order valence-electron chi connectivity index (χ1n) is 8.23. The second-order valence-electron chi connectivity index (χ2n) is 5.96. The van der Waals surface area contributed by atoms with E-state index in [1.807, 2.05) is 55.6 Å². The van der Waals surface area contributed by atoms with Gasteiger partial charge in [0.15, 0.2) is 13.1 Å². The van der Waals surface area contributed by atoms with Crippen molar-refractivity contribution in [3.63, 3.8) is 0 Å². The molecule has 26 heavy (non-hydrogen) atoms. The average Bonchev–Trinajstić information content (AvgIpc) is 2.62. The molecule has 0 saturated heterocycles. The first-order valence-corrected chi connectivity index (χ1v) is 9.02. The number of halogens is 1. The summed E-state index contributed by atoms with van der Waals surface area (Å²) in [6.07, 6.45) is 0. The summed E-state index contributed by atoms with van der Waals surface area (Å²) < 4.78 is 5.93. The van der Waals surface area contributed by atoms with Gasteiger partial charge in [-0.1, -0.05) is 24.3 Å².